The molecule has 3 nitrogen and oxygen atoms in total. The van der Waals surface area contributed by atoms with Crippen LogP contribution in [-0.2, 0) is 14.2 Å². The third kappa shape index (κ3) is 0.826. The van der Waals surface area contributed by atoms with Gasteiger partial charge in [0.2, 0.25) is 0 Å². The van der Waals surface area contributed by atoms with Crippen molar-refractivity contribution in [3.63, 3.8) is 0 Å². The number of hydrogen-bond acceptors (Lipinski definition) is 3. The van der Waals surface area contributed by atoms with Crippen LogP contribution in [0.15, 0.2) is 23.7 Å². The smallest absolute Gasteiger partial charge is 0.184 e. The lowest BCUT2D eigenvalue weighted by molar-refractivity contribution is 0.0818. The standard InChI is InChI=1S/C10H10O3/c1-3-7-9(12-7)5(1)11-6-2-4-8-10(6)13-8/h1,3,6-8,10H,2,4H2. The first-order chi connectivity index (χ1) is 6.42. The largest absolute Gasteiger partial charge is 0.484 e. The molecule has 0 aromatic heterocycles. The van der Waals surface area contributed by atoms with E-state index in [0.717, 1.165) is 24.4 Å². The fourth-order valence-electron chi connectivity index (χ4n) is 2.28. The highest BCUT2D eigenvalue weighted by molar-refractivity contribution is 5.39. The maximum Gasteiger partial charge on any atom is 0.184 e. The van der Waals surface area contributed by atoms with Gasteiger partial charge in [0.25, 0.3) is 0 Å². The highest BCUT2D eigenvalue weighted by atomic mass is 16.6. The molecule has 0 amide bonds. The summed E-state index contributed by atoms with van der Waals surface area (Å²) in [5.74, 6) is 1.95. The molecule has 0 aromatic carbocycles. The normalized spacial score (nSPS) is 48.6. The minimum absolute atomic E-state index is 0.243. The first-order valence-corrected chi connectivity index (χ1v) is 4.83. The summed E-state index contributed by atoms with van der Waals surface area (Å²) < 4.78 is 16.5. The molecule has 13 heavy (non-hydrogen) atoms. The average Bonchev–Trinajstić information content (AvgIpc) is 3.03. The van der Waals surface area contributed by atoms with Gasteiger partial charge in [-0.1, -0.05) is 0 Å². The highest BCUT2D eigenvalue weighted by Gasteiger charge is 2.52. The van der Waals surface area contributed by atoms with Gasteiger partial charge in [0.05, 0.1) is 6.10 Å². The van der Waals surface area contributed by atoms with Crippen LogP contribution in [0, 0.1) is 0 Å². The third-order valence-electron chi connectivity index (χ3n) is 3.12. The number of fused-ring (bicyclic) bond motifs is 2. The van der Waals surface area contributed by atoms with Crippen molar-refractivity contribution in [3.8, 4) is 0 Å². The summed E-state index contributed by atoms with van der Waals surface area (Å²) in [6.45, 7) is 0. The quantitative estimate of drug-likeness (QED) is 0.594. The molecule has 0 spiro atoms. The van der Waals surface area contributed by atoms with Crippen molar-refractivity contribution in [2.75, 3.05) is 0 Å². The number of epoxide rings is 2. The molecular formula is C10H10O3. The molecule has 4 rings (SSSR count). The van der Waals surface area contributed by atoms with E-state index >= 15 is 0 Å². The molecule has 0 radical (unpaired) electrons. The Labute approximate surface area is 76.0 Å². The zero-order chi connectivity index (χ0) is 8.41. The van der Waals surface area contributed by atoms with Gasteiger partial charge in [-0.2, -0.15) is 0 Å². The number of allylic oxidation sites excluding steroid dienone is 1. The molecule has 2 aliphatic heterocycles. The lowest BCUT2D eigenvalue weighted by Gasteiger charge is -2.12. The topological polar surface area (TPSA) is 34.3 Å². The molecule has 1 saturated carbocycles. The predicted molar refractivity (Wildman–Crippen MR) is 43.8 cm³/mol. The van der Waals surface area contributed by atoms with E-state index in [9.17, 15) is 0 Å². The zero-order valence-electron chi connectivity index (χ0n) is 7.10. The molecule has 2 heterocycles. The fourth-order valence-corrected chi connectivity index (χ4v) is 2.28. The maximum absolute atomic E-state index is 5.82. The Morgan fingerprint density at radius 1 is 1.38 bits per heavy atom. The summed E-state index contributed by atoms with van der Waals surface area (Å²) in [5.41, 5.74) is 0. The van der Waals surface area contributed by atoms with Crippen LogP contribution in [0.4, 0.5) is 0 Å². The third-order valence-corrected chi connectivity index (χ3v) is 3.12. The van der Waals surface area contributed by atoms with Gasteiger partial charge in [-0.05, 0) is 25.0 Å². The van der Waals surface area contributed by atoms with Gasteiger partial charge in [-0.3, -0.25) is 0 Å². The Hall–Kier alpha value is -0.960. The molecule has 4 unspecified atom stereocenters. The number of rotatable bonds is 2. The lowest BCUT2D eigenvalue weighted by atomic mass is 10.3. The Kier molecular flexibility index (Phi) is 0.961. The highest BCUT2D eigenvalue weighted by Crippen LogP contribution is 2.44. The Morgan fingerprint density at radius 2 is 2.38 bits per heavy atom. The second-order valence-corrected chi connectivity index (χ2v) is 4.00. The van der Waals surface area contributed by atoms with E-state index in [2.05, 4.69) is 0 Å². The van der Waals surface area contributed by atoms with Crippen molar-refractivity contribution in [1.29, 1.82) is 0 Å². The molecule has 68 valence electrons. The van der Waals surface area contributed by atoms with Crippen LogP contribution in [0.5, 0.6) is 0 Å². The molecule has 4 aliphatic rings. The summed E-state index contributed by atoms with van der Waals surface area (Å²) in [5, 5.41) is 0. The van der Waals surface area contributed by atoms with Gasteiger partial charge in [-0.15, -0.1) is 0 Å². The van der Waals surface area contributed by atoms with Crippen LogP contribution < -0.4 is 0 Å². The monoisotopic (exact) mass is 178 g/mol. The Morgan fingerprint density at radius 3 is 2.92 bits per heavy atom. The van der Waals surface area contributed by atoms with E-state index in [1.54, 1.807) is 0 Å². The molecule has 0 bridgehead atoms. The van der Waals surface area contributed by atoms with Gasteiger partial charge in [-0.25, -0.2) is 0 Å². The van der Waals surface area contributed by atoms with Crippen LogP contribution in [0.2, 0.25) is 0 Å². The number of ether oxygens (including phenoxy) is 3. The molecule has 0 N–H and O–H groups in total. The van der Waals surface area contributed by atoms with Crippen LogP contribution in [0.25, 0.3) is 0 Å². The molecule has 2 aliphatic carbocycles. The van der Waals surface area contributed by atoms with Crippen LogP contribution in [-0.4, -0.2) is 24.4 Å². The van der Waals surface area contributed by atoms with Crippen LogP contribution in [0.3, 0.4) is 0 Å². The molecule has 4 atom stereocenters. The summed E-state index contributed by atoms with van der Waals surface area (Å²) in [7, 11) is 0. The van der Waals surface area contributed by atoms with Crippen molar-refractivity contribution in [2.45, 2.75) is 37.3 Å². The average molecular weight is 178 g/mol. The Bertz CT molecular complexity index is 331. The van der Waals surface area contributed by atoms with Crippen molar-refractivity contribution in [2.24, 2.45) is 0 Å². The van der Waals surface area contributed by atoms with Crippen molar-refractivity contribution < 1.29 is 14.2 Å². The number of hydrogen-bond donors (Lipinski definition) is 0. The first kappa shape index (κ1) is 6.49. The van der Waals surface area contributed by atoms with Crippen molar-refractivity contribution >= 4 is 0 Å². The molecular weight excluding hydrogens is 168 g/mol. The van der Waals surface area contributed by atoms with Crippen molar-refractivity contribution in [1.82, 2.24) is 0 Å². The first-order valence-electron chi connectivity index (χ1n) is 4.83. The van der Waals surface area contributed by atoms with Gasteiger partial charge >= 0.3 is 0 Å². The van der Waals surface area contributed by atoms with Gasteiger partial charge in [0.1, 0.15) is 12.2 Å². The Balaban J connectivity index is 1.53. The summed E-state index contributed by atoms with van der Waals surface area (Å²) in [4.78, 5) is 0. The summed E-state index contributed by atoms with van der Waals surface area (Å²) >= 11 is 0. The molecule has 0 aromatic rings. The van der Waals surface area contributed by atoms with Crippen LogP contribution >= 0.6 is 0 Å². The van der Waals surface area contributed by atoms with E-state index in [1.807, 2.05) is 12.2 Å². The second-order valence-electron chi connectivity index (χ2n) is 4.00. The minimum Gasteiger partial charge on any atom is -0.484 e. The molecule has 2 saturated heterocycles. The predicted octanol–water partition coefficient (Wildman–Crippen LogP) is 1.11. The molecule has 3 heteroatoms. The maximum atomic E-state index is 5.82. The fraction of sp³-hybridized carbons (Fsp3) is 0.600. The van der Waals surface area contributed by atoms with E-state index in [0.29, 0.717) is 12.2 Å². The van der Waals surface area contributed by atoms with Gasteiger partial charge < -0.3 is 14.2 Å². The van der Waals surface area contributed by atoms with Crippen LogP contribution in [0.1, 0.15) is 12.8 Å². The summed E-state index contributed by atoms with van der Waals surface area (Å²) in [6.07, 6.45) is 7.73. The minimum atomic E-state index is 0.243. The van der Waals surface area contributed by atoms with E-state index in [-0.39, 0.29) is 12.2 Å². The van der Waals surface area contributed by atoms with E-state index in [4.69, 9.17) is 14.2 Å². The zero-order valence-corrected chi connectivity index (χ0v) is 7.10. The molecule has 3 fully saturated rings. The van der Waals surface area contributed by atoms with Gasteiger partial charge in [0.15, 0.2) is 17.6 Å². The second kappa shape index (κ2) is 1.93. The van der Waals surface area contributed by atoms with E-state index in [1.165, 1.54) is 0 Å². The van der Waals surface area contributed by atoms with Gasteiger partial charge in [0, 0.05) is 0 Å². The summed E-state index contributed by atoms with van der Waals surface area (Å²) in [6, 6.07) is 0. The van der Waals surface area contributed by atoms with Crippen molar-refractivity contribution in [3.05, 3.63) is 23.7 Å². The van der Waals surface area contributed by atoms with E-state index < -0.39 is 0 Å². The SMILES string of the molecule is C1=CC2OC2=C1OC1CCC2OC12. The lowest BCUT2D eigenvalue weighted by Crippen LogP contribution is -2.15.